The summed E-state index contributed by atoms with van der Waals surface area (Å²) in [4.78, 5) is 0. The first-order valence-corrected chi connectivity index (χ1v) is 6.43. The molecule has 0 aliphatic rings. The van der Waals surface area contributed by atoms with Crippen LogP contribution in [0.1, 0.15) is 54.4 Å². The summed E-state index contributed by atoms with van der Waals surface area (Å²) in [6, 6.07) is 0. The van der Waals surface area contributed by atoms with Crippen molar-refractivity contribution >= 4 is 0 Å². The Morgan fingerprint density at radius 3 is 1.12 bits per heavy atom. The highest BCUT2D eigenvalue weighted by molar-refractivity contribution is 5.34. The van der Waals surface area contributed by atoms with Gasteiger partial charge in [0.15, 0.2) is 0 Å². The third kappa shape index (κ3) is 11.0. The fourth-order valence-electron chi connectivity index (χ4n) is 1.19. The van der Waals surface area contributed by atoms with E-state index in [1.54, 1.807) is 0 Å². The molecule has 94 valence electrons. The van der Waals surface area contributed by atoms with E-state index in [1.807, 2.05) is 39.8 Å². The van der Waals surface area contributed by atoms with Crippen LogP contribution in [0.3, 0.4) is 0 Å². The van der Waals surface area contributed by atoms with Gasteiger partial charge in [0.2, 0.25) is 0 Å². The second-order valence-electron chi connectivity index (χ2n) is 2.56. The summed E-state index contributed by atoms with van der Waals surface area (Å²) in [6.07, 6.45) is 9.92. The van der Waals surface area contributed by atoms with Gasteiger partial charge >= 0.3 is 0 Å². The highest BCUT2D eigenvalue weighted by atomic mass is 14.0. The van der Waals surface area contributed by atoms with E-state index < -0.39 is 0 Å². The SMILES string of the molecule is C=C/C=C(CC)\C(=C/C=C)CC.CC.CC. The van der Waals surface area contributed by atoms with Crippen molar-refractivity contribution in [2.24, 2.45) is 0 Å². The zero-order valence-corrected chi connectivity index (χ0v) is 12.1. The minimum atomic E-state index is 1.06. The molecule has 0 nitrogen and oxygen atoms in total. The predicted molar refractivity (Wildman–Crippen MR) is 79.8 cm³/mol. The lowest BCUT2D eigenvalue weighted by molar-refractivity contribution is 1.02. The third-order valence-corrected chi connectivity index (χ3v) is 1.81. The van der Waals surface area contributed by atoms with E-state index in [-0.39, 0.29) is 0 Å². The van der Waals surface area contributed by atoms with E-state index in [0.29, 0.717) is 0 Å². The monoisotopic (exact) mass is 222 g/mol. The van der Waals surface area contributed by atoms with Crippen LogP contribution in [0.25, 0.3) is 0 Å². The van der Waals surface area contributed by atoms with Crippen LogP contribution in [-0.2, 0) is 0 Å². The van der Waals surface area contributed by atoms with Crippen molar-refractivity contribution < 1.29 is 0 Å². The van der Waals surface area contributed by atoms with Crippen LogP contribution in [0, 0.1) is 0 Å². The summed E-state index contributed by atoms with van der Waals surface area (Å²) in [5, 5.41) is 0. The van der Waals surface area contributed by atoms with Gasteiger partial charge in [-0.3, -0.25) is 0 Å². The standard InChI is InChI=1S/C12H18.2C2H6/c1-5-9-11(7-3)12(8-4)10-6-2;2*1-2/h5-6,9-10H,1-2,7-8H2,3-4H3;2*1-2H3/b11-9-,12-10-;;. The smallest absolute Gasteiger partial charge is 0.0305 e. The number of allylic oxidation sites excluding steroid dienone is 6. The molecule has 0 fully saturated rings. The van der Waals surface area contributed by atoms with Crippen LogP contribution in [0.15, 0.2) is 48.6 Å². The van der Waals surface area contributed by atoms with Crippen molar-refractivity contribution in [1.82, 2.24) is 0 Å². The minimum absolute atomic E-state index is 1.06. The third-order valence-electron chi connectivity index (χ3n) is 1.81. The Balaban J connectivity index is -0.000000376. The quantitative estimate of drug-likeness (QED) is 0.494. The second kappa shape index (κ2) is 19.5. The molecule has 0 radical (unpaired) electrons. The Kier molecular flexibility index (Phi) is 24.9. The van der Waals surface area contributed by atoms with Gasteiger partial charge in [-0.15, -0.1) is 0 Å². The summed E-state index contributed by atoms with van der Waals surface area (Å²) in [6.45, 7) is 19.7. The molecule has 0 aliphatic carbocycles. The normalized spacial score (nSPS) is 10.4. The van der Waals surface area contributed by atoms with E-state index >= 15 is 0 Å². The largest absolute Gasteiger partial charge is 0.0991 e. The van der Waals surface area contributed by atoms with Gasteiger partial charge in [-0.25, -0.2) is 0 Å². The molecule has 0 atom stereocenters. The number of rotatable bonds is 5. The molecule has 0 spiro atoms. The molecule has 0 heterocycles. The topological polar surface area (TPSA) is 0 Å². The van der Waals surface area contributed by atoms with Crippen molar-refractivity contribution in [2.75, 3.05) is 0 Å². The van der Waals surface area contributed by atoms with E-state index in [0.717, 1.165) is 12.8 Å². The van der Waals surface area contributed by atoms with Crippen LogP contribution in [-0.4, -0.2) is 0 Å². The zero-order valence-electron chi connectivity index (χ0n) is 12.1. The van der Waals surface area contributed by atoms with Gasteiger partial charge in [0.25, 0.3) is 0 Å². The summed E-state index contributed by atoms with van der Waals surface area (Å²) < 4.78 is 0. The molecule has 0 amide bonds. The first-order valence-electron chi connectivity index (χ1n) is 6.43. The second-order valence-corrected chi connectivity index (χ2v) is 2.56. The predicted octanol–water partition coefficient (Wildman–Crippen LogP) is 6.08. The van der Waals surface area contributed by atoms with Gasteiger partial charge in [-0.2, -0.15) is 0 Å². The summed E-state index contributed by atoms with van der Waals surface area (Å²) >= 11 is 0. The molecule has 0 rings (SSSR count). The van der Waals surface area contributed by atoms with Crippen molar-refractivity contribution in [3.8, 4) is 0 Å². The van der Waals surface area contributed by atoms with Crippen molar-refractivity contribution in [3.63, 3.8) is 0 Å². The molecule has 0 aromatic heterocycles. The van der Waals surface area contributed by atoms with E-state index in [2.05, 4.69) is 39.2 Å². The molecule has 0 aliphatic heterocycles. The first kappa shape index (κ1) is 20.4. The lowest BCUT2D eigenvalue weighted by Gasteiger charge is -2.05. The molecular formula is C16H30. The lowest BCUT2D eigenvalue weighted by Crippen LogP contribution is -1.86. The summed E-state index contributed by atoms with van der Waals surface area (Å²) in [5.41, 5.74) is 2.71. The molecule has 0 bridgehead atoms. The van der Waals surface area contributed by atoms with Crippen LogP contribution < -0.4 is 0 Å². The average Bonchev–Trinajstić information content (AvgIpc) is 2.38. The molecule has 0 saturated carbocycles. The highest BCUT2D eigenvalue weighted by Crippen LogP contribution is 2.17. The van der Waals surface area contributed by atoms with E-state index in [4.69, 9.17) is 0 Å². The van der Waals surface area contributed by atoms with E-state index in [9.17, 15) is 0 Å². The van der Waals surface area contributed by atoms with Gasteiger partial charge in [0, 0.05) is 0 Å². The Labute approximate surface area is 103 Å². The average molecular weight is 222 g/mol. The maximum absolute atomic E-state index is 3.70. The van der Waals surface area contributed by atoms with Gasteiger partial charge in [-0.05, 0) is 24.0 Å². The lowest BCUT2D eigenvalue weighted by atomic mass is 10.0. The Morgan fingerprint density at radius 2 is 1.00 bits per heavy atom. The van der Waals surface area contributed by atoms with Crippen molar-refractivity contribution in [3.05, 3.63) is 48.6 Å². The Morgan fingerprint density at radius 1 is 0.750 bits per heavy atom. The molecule has 0 aromatic carbocycles. The molecular weight excluding hydrogens is 192 g/mol. The Hall–Kier alpha value is -1.04. The number of hydrogen-bond donors (Lipinski definition) is 0. The maximum Gasteiger partial charge on any atom is -0.0305 e. The van der Waals surface area contributed by atoms with Gasteiger partial charge in [0.05, 0.1) is 0 Å². The van der Waals surface area contributed by atoms with Crippen LogP contribution in [0.2, 0.25) is 0 Å². The Bertz CT molecular complexity index is 180. The van der Waals surface area contributed by atoms with Crippen molar-refractivity contribution in [1.29, 1.82) is 0 Å². The first-order chi connectivity index (χ1) is 7.79. The van der Waals surface area contributed by atoms with Crippen LogP contribution in [0.4, 0.5) is 0 Å². The highest BCUT2D eigenvalue weighted by Gasteiger charge is 1.97. The molecule has 0 N–H and O–H groups in total. The molecule has 16 heavy (non-hydrogen) atoms. The fraction of sp³-hybridized carbons (Fsp3) is 0.500. The van der Waals surface area contributed by atoms with Gasteiger partial charge < -0.3 is 0 Å². The molecule has 0 saturated heterocycles. The van der Waals surface area contributed by atoms with Crippen molar-refractivity contribution in [2.45, 2.75) is 54.4 Å². The van der Waals surface area contributed by atoms with E-state index in [1.165, 1.54) is 11.1 Å². The molecule has 0 aromatic rings. The number of hydrogen-bond acceptors (Lipinski definition) is 0. The molecule has 0 unspecified atom stereocenters. The van der Waals surface area contributed by atoms with Crippen LogP contribution >= 0.6 is 0 Å². The summed E-state index contributed by atoms with van der Waals surface area (Å²) in [7, 11) is 0. The fourth-order valence-corrected chi connectivity index (χ4v) is 1.19. The summed E-state index contributed by atoms with van der Waals surface area (Å²) in [5.74, 6) is 0. The molecule has 0 heteroatoms. The van der Waals surface area contributed by atoms with Gasteiger partial charge in [0.1, 0.15) is 0 Å². The maximum atomic E-state index is 3.70. The van der Waals surface area contributed by atoms with Crippen LogP contribution in [0.5, 0.6) is 0 Å². The minimum Gasteiger partial charge on any atom is -0.0991 e. The van der Waals surface area contributed by atoms with Gasteiger partial charge in [-0.1, -0.05) is 79.0 Å². The zero-order chi connectivity index (χ0) is 13.4.